The van der Waals surface area contributed by atoms with Crippen molar-refractivity contribution in [2.75, 3.05) is 24.5 Å². The van der Waals surface area contributed by atoms with E-state index in [9.17, 15) is 9.18 Å². The number of anilines is 1. The van der Waals surface area contributed by atoms with Crippen molar-refractivity contribution in [2.45, 2.75) is 25.4 Å². The van der Waals surface area contributed by atoms with Crippen molar-refractivity contribution in [3.63, 3.8) is 0 Å². The van der Waals surface area contributed by atoms with Gasteiger partial charge in [-0.2, -0.15) is 0 Å². The van der Waals surface area contributed by atoms with Crippen LogP contribution in [-0.4, -0.2) is 46.2 Å². The van der Waals surface area contributed by atoms with Crippen molar-refractivity contribution in [1.29, 1.82) is 0 Å². The predicted molar refractivity (Wildman–Crippen MR) is 88.2 cm³/mol. The zero-order valence-electron chi connectivity index (χ0n) is 13.4. The van der Waals surface area contributed by atoms with Crippen LogP contribution < -0.4 is 15.5 Å². The molecular weight excluding hydrogens is 311 g/mol. The number of hydrogen-bond acceptors (Lipinski definition) is 4. The first-order valence-corrected chi connectivity index (χ1v) is 8.08. The molecule has 1 atom stereocenters. The second kappa shape index (κ2) is 7.76. The lowest BCUT2D eigenvalue weighted by Crippen LogP contribution is -2.43. The number of hydrogen-bond donors (Lipinski definition) is 2. The van der Waals surface area contributed by atoms with E-state index >= 15 is 0 Å². The smallest absolute Gasteiger partial charge is 0.315 e. The number of aromatic nitrogens is 3. The Morgan fingerprint density at radius 3 is 3.12 bits per heavy atom. The number of rotatable bonds is 6. The number of nitrogens with one attached hydrogen (secondary N) is 2. The van der Waals surface area contributed by atoms with Crippen molar-refractivity contribution in [3.05, 3.63) is 42.9 Å². The fourth-order valence-electron chi connectivity index (χ4n) is 2.80. The highest BCUT2D eigenvalue weighted by molar-refractivity contribution is 5.74. The summed E-state index contributed by atoms with van der Waals surface area (Å²) in [5.41, 5.74) is 0. The molecule has 0 aliphatic carbocycles. The van der Waals surface area contributed by atoms with E-state index in [-0.39, 0.29) is 17.9 Å². The molecule has 0 bridgehead atoms. The van der Waals surface area contributed by atoms with E-state index < -0.39 is 0 Å². The first-order valence-electron chi connectivity index (χ1n) is 8.08. The van der Waals surface area contributed by atoms with Crippen molar-refractivity contribution in [3.8, 4) is 0 Å². The molecule has 0 aromatic carbocycles. The molecule has 1 fully saturated rings. The highest BCUT2D eigenvalue weighted by Crippen LogP contribution is 2.20. The molecule has 2 N–H and O–H groups in total. The molecule has 1 aliphatic heterocycles. The Labute approximate surface area is 139 Å². The van der Waals surface area contributed by atoms with Gasteiger partial charge in [0.1, 0.15) is 0 Å². The lowest BCUT2D eigenvalue weighted by molar-refractivity contribution is 0.237. The van der Waals surface area contributed by atoms with Gasteiger partial charge in [-0.05, 0) is 25.0 Å². The maximum atomic E-state index is 13.7. The third kappa shape index (κ3) is 4.21. The number of pyridine rings is 1. The third-order valence-electron chi connectivity index (χ3n) is 4.00. The second-order valence-electron chi connectivity index (χ2n) is 5.79. The molecular formula is C16H21FN6O. The largest absolute Gasteiger partial charge is 0.352 e. The van der Waals surface area contributed by atoms with Crippen LogP contribution in [0.4, 0.5) is 15.0 Å². The van der Waals surface area contributed by atoms with Gasteiger partial charge < -0.3 is 20.1 Å². The fraction of sp³-hybridized carbons (Fsp3) is 0.438. The van der Waals surface area contributed by atoms with Gasteiger partial charge in [-0.3, -0.25) is 0 Å². The standard InChI is InChI=1S/C16H21FN6O/c17-14-3-1-5-19-15(14)23-9-4-13(11-23)21-16(24)20-6-2-8-22-10-7-18-12-22/h1,3,5,7,10,12-13H,2,4,6,8-9,11H2,(H2,20,21,24)/t13-/m1/s1. The monoisotopic (exact) mass is 332 g/mol. The van der Waals surface area contributed by atoms with Gasteiger partial charge in [-0.15, -0.1) is 0 Å². The van der Waals surface area contributed by atoms with Gasteiger partial charge >= 0.3 is 6.03 Å². The molecule has 3 rings (SSSR count). The topological polar surface area (TPSA) is 75.1 Å². The van der Waals surface area contributed by atoms with Crippen LogP contribution >= 0.6 is 0 Å². The number of carbonyl (C=O) groups is 1. The van der Waals surface area contributed by atoms with Crippen LogP contribution in [0.2, 0.25) is 0 Å². The highest BCUT2D eigenvalue weighted by Gasteiger charge is 2.26. The lowest BCUT2D eigenvalue weighted by atomic mass is 10.3. The van der Waals surface area contributed by atoms with Crippen molar-refractivity contribution in [2.24, 2.45) is 0 Å². The molecule has 3 heterocycles. The van der Waals surface area contributed by atoms with Gasteiger partial charge in [-0.25, -0.2) is 19.2 Å². The van der Waals surface area contributed by atoms with Crippen LogP contribution in [-0.2, 0) is 6.54 Å². The SMILES string of the molecule is O=C(NCCCn1ccnc1)N[C@@H]1CCN(c2ncccc2F)C1. The molecule has 7 nitrogen and oxygen atoms in total. The molecule has 128 valence electrons. The number of aryl methyl sites for hydroxylation is 1. The van der Waals surface area contributed by atoms with Gasteiger partial charge in [0.05, 0.1) is 6.33 Å². The van der Waals surface area contributed by atoms with E-state index in [1.165, 1.54) is 6.07 Å². The predicted octanol–water partition coefficient (Wildman–Crippen LogP) is 1.39. The second-order valence-corrected chi connectivity index (χ2v) is 5.79. The van der Waals surface area contributed by atoms with Crippen molar-refractivity contribution in [1.82, 2.24) is 25.2 Å². The number of nitrogens with zero attached hydrogens (tertiary/aromatic N) is 4. The van der Waals surface area contributed by atoms with Crippen LogP contribution in [0.25, 0.3) is 0 Å². The molecule has 1 aliphatic rings. The number of halogens is 1. The first kappa shape index (κ1) is 16.2. The minimum atomic E-state index is -0.331. The Balaban J connectivity index is 1.37. The summed E-state index contributed by atoms with van der Waals surface area (Å²) in [6.45, 7) is 2.65. The van der Waals surface area contributed by atoms with E-state index in [2.05, 4.69) is 20.6 Å². The maximum absolute atomic E-state index is 13.7. The van der Waals surface area contributed by atoms with Gasteiger partial charge in [0.25, 0.3) is 0 Å². The Hall–Kier alpha value is -2.64. The van der Waals surface area contributed by atoms with Gasteiger partial charge in [-0.1, -0.05) is 0 Å². The summed E-state index contributed by atoms with van der Waals surface area (Å²) in [5, 5.41) is 5.78. The van der Waals surface area contributed by atoms with Crippen LogP contribution in [0.3, 0.4) is 0 Å². The quantitative estimate of drug-likeness (QED) is 0.784. The summed E-state index contributed by atoms with van der Waals surface area (Å²) in [4.78, 5) is 21.8. The molecule has 24 heavy (non-hydrogen) atoms. The van der Waals surface area contributed by atoms with Gasteiger partial charge in [0.2, 0.25) is 0 Å². The lowest BCUT2D eigenvalue weighted by Gasteiger charge is -2.18. The summed E-state index contributed by atoms with van der Waals surface area (Å²) < 4.78 is 15.7. The Morgan fingerprint density at radius 1 is 1.42 bits per heavy atom. The van der Waals surface area contributed by atoms with Crippen LogP contribution in [0, 0.1) is 5.82 Å². The fourth-order valence-corrected chi connectivity index (χ4v) is 2.80. The van der Waals surface area contributed by atoms with Crippen LogP contribution in [0.5, 0.6) is 0 Å². The zero-order valence-corrected chi connectivity index (χ0v) is 13.4. The van der Waals surface area contributed by atoms with Gasteiger partial charge in [0, 0.05) is 50.8 Å². The molecule has 2 amide bonds. The third-order valence-corrected chi connectivity index (χ3v) is 4.00. The van der Waals surface area contributed by atoms with E-state index in [1.807, 2.05) is 15.7 Å². The summed E-state index contributed by atoms with van der Waals surface area (Å²) >= 11 is 0. The number of urea groups is 1. The summed E-state index contributed by atoms with van der Waals surface area (Å²) in [7, 11) is 0. The van der Waals surface area contributed by atoms with Gasteiger partial charge in [0.15, 0.2) is 11.6 Å². The molecule has 0 unspecified atom stereocenters. The van der Waals surface area contributed by atoms with Crippen molar-refractivity contribution >= 4 is 11.8 Å². The average Bonchev–Trinajstić information content (AvgIpc) is 3.24. The highest BCUT2D eigenvalue weighted by atomic mass is 19.1. The number of imidazole rings is 1. The Morgan fingerprint density at radius 2 is 2.33 bits per heavy atom. The molecule has 0 radical (unpaired) electrons. The summed E-state index contributed by atoms with van der Waals surface area (Å²) in [6, 6.07) is 2.78. The molecule has 8 heteroatoms. The van der Waals surface area contributed by atoms with Crippen LogP contribution in [0.15, 0.2) is 37.1 Å². The normalized spacial score (nSPS) is 17.0. The number of amides is 2. The average molecular weight is 332 g/mol. The maximum Gasteiger partial charge on any atom is 0.315 e. The Kier molecular flexibility index (Phi) is 5.25. The molecule has 0 saturated carbocycles. The van der Waals surface area contributed by atoms with E-state index in [1.54, 1.807) is 24.8 Å². The molecule has 1 saturated heterocycles. The minimum absolute atomic E-state index is 0.0000508. The minimum Gasteiger partial charge on any atom is -0.352 e. The molecule has 2 aromatic rings. The van der Waals surface area contributed by atoms with E-state index in [4.69, 9.17) is 0 Å². The first-order chi connectivity index (χ1) is 11.7. The number of carbonyl (C=O) groups excluding carboxylic acids is 1. The summed E-state index contributed by atoms with van der Waals surface area (Å²) in [5.74, 6) is 0.0182. The molecule has 2 aromatic heterocycles. The van der Waals surface area contributed by atoms with Crippen molar-refractivity contribution < 1.29 is 9.18 Å². The zero-order chi connectivity index (χ0) is 16.8. The Bertz CT molecular complexity index is 662. The van der Waals surface area contributed by atoms with E-state index in [0.717, 1.165) is 19.4 Å². The van der Waals surface area contributed by atoms with Crippen LogP contribution in [0.1, 0.15) is 12.8 Å². The molecule has 0 spiro atoms. The van der Waals surface area contributed by atoms with E-state index in [0.29, 0.717) is 25.5 Å². The summed E-state index contributed by atoms with van der Waals surface area (Å²) in [6.07, 6.45) is 8.56.